The van der Waals surface area contributed by atoms with Crippen molar-refractivity contribution in [2.45, 2.75) is 32.7 Å². The van der Waals surface area contributed by atoms with Crippen LogP contribution in [0.25, 0.3) is 0 Å². The molecule has 94 valence electrons. The lowest BCUT2D eigenvalue weighted by molar-refractivity contribution is -0.124. The van der Waals surface area contributed by atoms with Crippen LogP contribution in [0.2, 0.25) is 0 Å². The Bertz CT molecular complexity index is 337. The number of carbonyl (C=O) groups is 1. The zero-order chi connectivity index (χ0) is 12.7. The van der Waals surface area contributed by atoms with Gasteiger partial charge in [0.1, 0.15) is 0 Å². The zero-order valence-electron chi connectivity index (χ0n) is 10.6. The molecule has 2 unspecified atom stereocenters. The molecule has 0 bridgehead atoms. The number of hydrogen-bond acceptors (Lipinski definition) is 2. The van der Waals surface area contributed by atoms with Gasteiger partial charge in [-0.3, -0.25) is 4.79 Å². The Morgan fingerprint density at radius 1 is 1.29 bits per heavy atom. The van der Waals surface area contributed by atoms with Gasteiger partial charge < -0.3 is 11.1 Å². The summed E-state index contributed by atoms with van der Waals surface area (Å²) in [6, 6.07) is 10.5. The minimum absolute atomic E-state index is 0.0491. The van der Waals surface area contributed by atoms with Gasteiger partial charge in [-0.15, -0.1) is 0 Å². The fourth-order valence-corrected chi connectivity index (χ4v) is 1.59. The van der Waals surface area contributed by atoms with Gasteiger partial charge in [-0.1, -0.05) is 37.3 Å². The van der Waals surface area contributed by atoms with Crippen molar-refractivity contribution in [2.24, 2.45) is 11.7 Å². The third-order valence-corrected chi connectivity index (χ3v) is 2.90. The van der Waals surface area contributed by atoms with E-state index in [9.17, 15) is 4.79 Å². The molecule has 2 atom stereocenters. The van der Waals surface area contributed by atoms with Gasteiger partial charge in [0.2, 0.25) is 5.91 Å². The highest BCUT2D eigenvalue weighted by molar-refractivity contribution is 5.78. The molecule has 0 saturated carbocycles. The molecule has 0 aliphatic carbocycles. The molecule has 0 saturated heterocycles. The first-order chi connectivity index (χ1) is 8.13. The van der Waals surface area contributed by atoms with E-state index in [2.05, 4.69) is 17.4 Å². The molecular formula is C14H22N2O. The molecule has 0 heterocycles. The van der Waals surface area contributed by atoms with Crippen LogP contribution in [0.5, 0.6) is 0 Å². The first-order valence-electron chi connectivity index (χ1n) is 6.18. The molecule has 0 fully saturated rings. The predicted octanol–water partition coefficient (Wildman–Crippen LogP) is 1.72. The van der Waals surface area contributed by atoms with Crippen molar-refractivity contribution in [1.82, 2.24) is 5.32 Å². The van der Waals surface area contributed by atoms with Crippen LogP contribution in [0.1, 0.15) is 25.8 Å². The number of rotatable bonds is 6. The minimum atomic E-state index is -0.103. The van der Waals surface area contributed by atoms with Crippen molar-refractivity contribution in [3.8, 4) is 0 Å². The summed E-state index contributed by atoms with van der Waals surface area (Å²) in [6.07, 6.45) is 1.94. The molecule has 1 aromatic carbocycles. The topological polar surface area (TPSA) is 55.1 Å². The van der Waals surface area contributed by atoms with Gasteiger partial charge in [0.05, 0.1) is 0 Å². The maximum absolute atomic E-state index is 11.6. The molecule has 0 aliphatic heterocycles. The van der Waals surface area contributed by atoms with Crippen LogP contribution in [0.15, 0.2) is 30.3 Å². The van der Waals surface area contributed by atoms with Crippen molar-refractivity contribution in [3.63, 3.8) is 0 Å². The number of amides is 1. The molecule has 1 amide bonds. The fraction of sp³-hybridized carbons (Fsp3) is 0.500. The van der Waals surface area contributed by atoms with E-state index in [1.165, 1.54) is 5.56 Å². The largest absolute Gasteiger partial charge is 0.353 e. The SMILES string of the molecule is CC(CCc1ccccc1)NC(=O)C(C)CN. The Morgan fingerprint density at radius 3 is 2.53 bits per heavy atom. The Balaban J connectivity index is 2.30. The molecule has 1 rings (SSSR count). The highest BCUT2D eigenvalue weighted by atomic mass is 16.1. The van der Waals surface area contributed by atoms with Crippen molar-refractivity contribution in [3.05, 3.63) is 35.9 Å². The van der Waals surface area contributed by atoms with Gasteiger partial charge in [-0.25, -0.2) is 0 Å². The summed E-state index contributed by atoms with van der Waals surface area (Å²) in [6.45, 7) is 4.28. The van der Waals surface area contributed by atoms with Crippen LogP contribution in [0.4, 0.5) is 0 Å². The monoisotopic (exact) mass is 234 g/mol. The lowest BCUT2D eigenvalue weighted by atomic mass is 10.1. The van der Waals surface area contributed by atoms with Gasteiger partial charge in [-0.2, -0.15) is 0 Å². The van der Waals surface area contributed by atoms with E-state index in [0.717, 1.165) is 12.8 Å². The number of nitrogens with one attached hydrogen (secondary N) is 1. The minimum Gasteiger partial charge on any atom is -0.353 e. The number of nitrogens with two attached hydrogens (primary N) is 1. The summed E-state index contributed by atoms with van der Waals surface area (Å²) in [4.78, 5) is 11.6. The van der Waals surface area contributed by atoms with Gasteiger partial charge >= 0.3 is 0 Å². The first-order valence-corrected chi connectivity index (χ1v) is 6.18. The second-order valence-electron chi connectivity index (χ2n) is 4.57. The Kier molecular flexibility index (Phi) is 5.70. The van der Waals surface area contributed by atoms with Crippen LogP contribution >= 0.6 is 0 Å². The Labute approximate surface area is 103 Å². The third-order valence-electron chi connectivity index (χ3n) is 2.90. The van der Waals surface area contributed by atoms with Crippen molar-refractivity contribution >= 4 is 5.91 Å². The van der Waals surface area contributed by atoms with E-state index >= 15 is 0 Å². The quantitative estimate of drug-likeness (QED) is 0.787. The number of aryl methyl sites for hydroxylation is 1. The number of hydrogen-bond donors (Lipinski definition) is 2. The van der Waals surface area contributed by atoms with E-state index in [1.54, 1.807) is 0 Å². The van der Waals surface area contributed by atoms with Crippen molar-refractivity contribution in [1.29, 1.82) is 0 Å². The average Bonchev–Trinajstić information content (AvgIpc) is 2.36. The van der Waals surface area contributed by atoms with Gasteiger partial charge in [0.15, 0.2) is 0 Å². The maximum Gasteiger partial charge on any atom is 0.224 e. The highest BCUT2D eigenvalue weighted by Gasteiger charge is 2.13. The summed E-state index contributed by atoms with van der Waals surface area (Å²) in [5.74, 6) is -0.0535. The summed E-state index contributed by atoms with van der Waals surface area (Å²) < 4.78 is 0. The average molecular weight is 234 g/mol. The third kappa shape index (κ3) is 5.00. The summed E-state index contributed by atoms with van der Waals surface area (Å²) >= 11 is 0. The summed E-state index contributed by atoms with van der Waals surface area (Å²) in [7, 11) is 0. The molecule has 3 N–H and O–H groups in total. The predicted molar refractivity (Wildman–Crippen MR) is 70.6 cm³/mol. The van der Waals surface area contributed by atoms with Crippen LogP contribution < -0.4 is 11.1 Å². The summed E-state index contributed by atoms with van der Waals surface area (Å²) in [5, 5.41) is 2.98. The van der Waals surface area contributed by atoms with Crippen molar-refractivity contribution < 1.29 is 4.79 Å². The fourth-order valence-electron chi connectivity index (χ4n) is 1.59. The van der Waals surface area contributed by atoms with E-state index in [-0.39, 0.29) is 17.9 Å². The smallest absolute Gasteiger partial charge is 0.224 e. The second-order valence-corrected chi connectivity index (χ2v) is 4.57. The van der Waals surface area contributed by atoms with Crippen LogP contribution in [-0.4, -0.2) is 18.5 Å². The van der Waals surface area contributed by atoms with E-state index in [0.29, 0.717) is 6.54 Å². The lowest BCUT2D eigenvalue weighted by Gasteiger charge is -2.16. The molecule has 0 spiro atoms. The van der Waals surface area contributed by atoms with E-state index < -0.39 is 0 Å². The zero-order valence-corrected chi connectivity index (χ0v) is 10.6. The number of carbonyl (C=O) groups excluding carboxylic acids is 1. The normalized spacial score (nSPS) is 14.1. The lowest BCUT2D eigenvalue weighted by Crippen LogP contribution is -2.39. The molecule has 3 nitrogen and oxygen atoms in total. The van der Waals surface area contributed by atoms with E-state index in [1.807, 2.05) is 32.0 Å². The van der Waals surface area contributed by atoms with Crippen LogP contribution in [0.3, 0.4) is 0 Å². The van der Waals surface area contributed by atoms with E-state index in [4.69, 9.17) is 5.73 Å². The summed E-state index contributed by atoms with van der Waals surface area (Å²) in [5.41, 5.74) is 6.76. The Morgan fingerprint density at radius 2 is 1.94 bits per heavy atom. The molecule has 0 aliphatic rings. The van der Waals surface area contributed by atoms with Gasteiger partial charge in [-0.05, 0) is 25.3 Å². The molecule has 3 heteroatoms. The molecule has 1 aromatic rings. The number of benzene rings is 1. The van der Waals surface area contributed by atoms with Crippen LogP contribution in [-0.2, 0) is 11.2 Å². The second kappa shape index (κ2) is 7.07. The molecular weight excluding hydrogens is 212 g/mol. The van der Waals surface area contributed by atoms with Crippen molar-refractivity contribution in [2.75, 3.05) is 6.54 Å². The first kappa shape index (κ1) is 13.7. The molecule has 17 heavy (non-hydrogen) atoms. The van der Waals surface area contributed by atoms with Gasteiger partial charge in [0.25, 0.3) is 0 Å². The maximum atomic E-state index is 11.6. The standard InChI is InChI=1S/C14H22N2O/c1-11(10-15)14(17)16-12(2)8-9-13-6-4-3-5-7-13/h3-7,11-12H,8-10,15H2,1-2H3,(H,16,17). The van der Waals surface area contributed by atoms with Crippen LogP contribution in [0, 0.1) is 5.92 Å². The van der Waals surface area contributed by atoms with Gasteiger partial charge in [0, 0.05) is 18.5 Å². The Hall–Kier alpha value is -1.35. The molecule has 0 radical (unpaired) electrons. The highest BCUT2D eigenvalue weighted by Crippen LogP contribution is 2.05. The molecule has 0 aromatic heterocycles.